The van der Waals surface area contributed by atoms with Gasteiger partial charge < -0.3 is 16.2 Å². The van der Waals surface area contributed by atoms with E-state index in [1.54, 1.807) is 6.20 Å². The van der Waals surface area contributed by atoms with E-state index in [1.807, 2.05) is 19.1 Å². The molecule has 0 aliphatic carbocycles. The lowest BCUT2D eigenvalue weighted by Gasteiger charge is -2.09. The fourth-order valence-corrected chi connectivity index (χ4v) is 1.31. The number of pyridine rings is 1. The lowest BCUT2D eigenvalue weighted by Crippen LogP contribution is -2.08. The van der Waals surface area contributed by atoms with E-state index in [-0.39, 0.29) is 6.61 Å². The minimum Gasteiger partial charge on any atom is -0.396 e. The van der Waals surface area contributed by atoms with Crippen LogP contribution in [0.3, 0.4) is 0 Å². The van der Waals surface area contributed by atoms with E-state index in [1.165, 1.54) is 0 Å². The predicted molar refractivity (Wildman–Crippen MR) is 62.6 cm³/mol. The van der Waals surface area contributed by atoms with Gasteiger partial charge in [0.1, 0.15) is 5.82 Å². The zero-order valence-electron chi connectivity index (χ0n) is 9.11. The summed E-state index contributed by atoms with van der Waals surface area (Å²) in [5, 5.41) is 12.0. The number of rotatable bonds is 6. The van der Waals surface area contributed by atoms with Gasteiger partial charge in [0.2, 0.25) is 0 Å². The molecule has 0 aliphatic rings. The van der Waals surface area contributed by atoms with Crippen LogP contribution < -0.4 is 11.1 Å². The van der Waals surface area contributed by atoms with Gasteiger partial charge in [0.05, 0.1) is 5.69 Å². The van der Waals surface area contributed by atoms with Gasteiger partial charge in [-0.1, -0.05) is 6.92 Å². The third-order valence-corrected chi connectivity index (χ3v) is 2.32. The third kappa shape index (κ3) is 4.16. The van der Waals surface area contributed by atoms with Crippen molar-refractivity contribution < 1.29 is 5.11 Å². The number of anilines is 2. The summed E-state index contributed by atoms with van der Waals surface area (Å²) in [6.07, 6.45) is 3.74. The van der Waals surface area contributed by atoms with E-state index in [0.29, 0.717) is 11.6 Å². The van der Waals surface area contributed by atoms with Crippen LogP contribution in [0.15, 0.2) is 18.3 Å². The molecule has 0 saturated heterocycles. The van der Waals surface area contributed by atoms with Crippen molar-refractivity contribution >= 4 is 11.5 Å². The molecule has 4 heteroatoms. The zero-order chi connectivity index (χ0) is 11.1. The quantitative estimate of drug-likeness (QED) is 0.621. The van der Waals surface area contributed by atoms with Crippen LogP contribution in [0.4, 0.5) is 11.5 Å². The monoisotopic (exact) mass is 209 g/mol. The highest BCUT2D eigenvalue weighted by Gasteiger charge is 2.00. The van der Waals surface area contributed by atoms with E-state index < -0.39 is 0 Å². The molecule has 1 unspecified atom stereocenters. The Bertz CT molecular complexity index is 291. The second kappa shape index (κ2) is 6.24. The standard InChI is InChI=1S/C11H19N3O/c1-9(8-15)4-2-6-13-11-10(12)5-3-7-14-11/h3,5,7,9,15H,2,4,6,8,12H2,1H3,(H,13,14). The summed E-state index contributed by atoms with van der Waals surface area (Å²) in [6, 6.07) is 3.64. The molecule has 1 aromatic heterocycles. The van der Waals surface area contributed by atoms with Crippen molar-refractivity contribution in [3.05, 3.63) is 18.3 Å². The smallest absolute Gasteiger partial charge is 0.149 e. The van der Waals surface area contributed by atoms with Gasteiger partial charge in [-0.3, -0.25) is 0 Å². The Morgan fingerprint density at radius 3 is 3.07 bits per heavy atom. The van der Waals surface area contributed by atoms with Gasteiger partial charge in [0.15, 0.2) is 0 Å². The van der Waals surface area contributed by atoms with Crippen molar-refractivity contribution in [3.63, 3.8) is 0 Å². The van der Waals surface area contributed by atoms with Crippen molar-refractivity contribution in [1.82, 2.24) is 4.98 Å². The summed E-state index contributed by atoms with van der Waals surface area (Å²) in [7, 11) is 0. The van der Waals surface area contributed by atoms with Crippen molar-refractivity contribution in [2.24, 2.45) is 5.92 Å². The number of aromatic nitrogens is 1. The molecule has 15 heavy (non-hydrogen) atoms. The highest BCUT2D eigenvalue weighted by molar-refractivity contribution is 5.60. The fraction of sp³-hybridized carbons (Fsp3) is 0.545. The molecule has 0 aliphatic heterocycles. The number of nitrogens with two attached hydrogens (primary N) is 1. The molecule has 0 aromatic carbocycles. The number of aliphatic hydroxyl groups excluding tert-OH is 1. The molecule has 1 atom stereocenters. The first-order chi connectivity index (χ1) is 7.24. The fourth-order valence-electron chi connectivity index (χ4n) is 1.31. The normalized spacial score (nSPS) is 12.4. The Morgan fingerprint density at radius 2 is 2.40 bits per heavy atom. The first kappa shape index (κ1) is 11.8. The van der Waals surface area contributed by atoms with Crippen molar-refractivity contribution in [1.29, 1.82) is 0 Å². The highest BCUT2D eigenvalue weighted by atomic mass is 16.3. The molecule has 0 bridgehead atoms. The van der Waals surface area contributed by atoms with E-state index in [9.17, 15) is 0 Å². The molecule has 0 radical (unpaired) electrons. The maximum atomic E-state index is 8.84. The van der Waals surface area contributed by atoms with E-state index in [2.05, 4.69) is 10.3 Å². The second-order valence-electron chi connectivity index (χ2n) is 3.80. The summed E-state index contributed by atoms with van der Waals surface area (Å²) < 4.78 is 0. The molecule has 0 fully saturated rings. The molecule has 1 aromatic rings. The Kier molecular flexibility index (Phi) is 4.90. The number of nitrogen functional groups attached to an aromatic ring is 1. The predicted octanol–water partition coefficient (Wildman–Crippen LogP) is 1.48. The van der Waals surface area contributed by atoms with Crippen LogP contribution in [0.5, 0.6) is 0 Å². The molecule has 1 heterocycles. The van der Waals surface area contributed by atoms with Gasteiger partial charge in [-0.05, 0) is 30.9 Å². The largest absolute Gasteiger partial charge is 0.396 e. The Hall–Kier alpha value is -1.29. The van der Waals surface area contributed by atoms with Gasteiger partial charge >= 0.3 is 0 Å². The number of nitrogens with zero attached hydrogens (tertiary/aromatic N) is 1. The van der Waals surface area contributed by atoms with Gasteiger partial charge in [0, 0.05) is 19.3 Å². The second-order valence-corrected chi connectivity index (χ2v) is 3.80. The Morgan fingerprint density at radius 1 is 1.60 bits per heavy atom. The van der Waals surface area contributed by atoms with E-state index in [4.69, 9.17) is 10.8 Å². The summed E-state index contributed by atoms with van der Waals surface area (Å²) in [4.78, 5) is 4.13. The van der Waals surface area contributed by atoms with E-state index >= 15 is 0 Å². The van der Waals surface area contributed by atoms with Crippen LogP contribution >= 0.6 is 0 Å². The van der Waals surface area contributed by atoms with Crippen LogP contribution in [-0.2, 0) is 0 Å². The molecule has 4 N–H and O–H groups in total. The number of aliphatic hydroxyl groups is 1. The Balaban J connectivity index is 2.23. The minimum atomic E-state index is 0.256. The molecule has 0 amide bonds. The minimum absolute atomic E-state index is 0.256. The maximum Gasteiger partial charge on any atom is 0.149 e. The first-order valence-corrected chi connectivity index (χ1v) is 5.29. The molecule has 0 saturated carbocycles. The zero-order valence-corrected chi connectivity index (χ0v) is 9.11. The van der Waals surface area contributed by atoms with Crippen molar-refractivity contribution in [3.8, 4) is 0 Å². The summed E-state index contributed by atoms with van der Waals surface area (Å²) in [5.74, 6) is 1.11. The summed E-state index contributed by atoms with van der Waals surface area (Å²) >= 11 is 0. The van der Waals surface area contributed by atoms with Gasteiger partial charge in [-0.25, -0.2) is 4.98 Å². The first-order valence-electron chi connectivity index (χ1n) is 5.29. The lowest BCUT2D eigenvalue weighted by molar-refractivity contribution is 0.229. The average molecular weight is 209 g/mol. The molecular formula is C11H19N3O. The molecule has 84 valence electrons. The van der Waals surface area contributed by atoms with Gasteiger partial charge in [-0.15, -0.1) is 0 Å². The molecule has 0 spiro atoms. The van der Waals surface area contributed by atoms with Gasteiger partial charge in [-0.2, -0.15) is 0 Å². The van der Waals surface area contributed by atoms with Gasteiger partial charge in [0.25, 0.3) is 0 Å². The number of hydrogen-bond acceptors (Lipinski definition) is 4. The third-order valence-electron chi connectivity index (χ3n) is 2.32. The lowest BCUT2D eigenvalue weighted by atomic mass is 10.1. The number of nitrogens with one attached hydrogen (secondary N) is 1. The highest BCUT2D eigenvalue weighted by Crippen LogP contribution is 2.13. The van der Waals surface area contributed by atoms with Crippen LogP contribution in [0.2, 0.25) is 0 Å². The summed E-state index contributed by atoms with van der Waals surface area (Å²) in [5.41, 5.74) is 6.40. The van der Waals surface area contributed by atoms with Crippen molar-refractivity contribution in [2.45, 2.75) is 19.8 Å². The number of hydrogen-bond donors (Lipinski definition) is 3. The maximum absolute atomic E-state index is 8.84. The van der Waals surface area contributed by atoms with Crippen LogP contribution in [0.25, 0.3) is 0 Å². The topological polar surface area (TPSA) is 71.2 Å². The SMILES string of the molecule is CC(CO)CCCNc1ncccc1N. The van der Waals surface area contributed by atoms with Crippen molar-refractivity contribution in [2.75, 3.05) is 24.2 Å². The van der Waals surface area contributed by atoms with Crippen LogP contribution in [0.1, 0.15) is 19.8 Å². The average Bonchev–Trinajstić information content (AvgIpc) is 2.26. The molecule has 4 nitrogen and oxygen atoms in total. The van der Waals surface area contributed by atoms with Crippen LogP contribution in [0, 0.1) is 5.92 Å². The summed E-state index contributed by atoms with van der Waals surface area (Å²) in [6.45, 7) is 3.13. The molecule has 1 rings (SSSR count). The Labute approximate surface area is 90.5 Å². The van der Waals surface area contributed by atoms with Crippen LogP contribution in [-0.4, -0.2) is 23.2 Å². The molecular weight excluding hydrogens is 190 g/mol. The van der Waals surface area contributed by atoms with E-state index in [0.717, 1.165) is 25.2 Å².